The highest BCUT2D eigenvalue weighted by atomic mass is 15.1. The number of rotatable bonds is 13. The Balaban J connectivity index is 2.56. The van der Waals surface area contributed by atoms with Crippen LogP contribution in [0.3, 0.4) is 0 Å². The van der Waals surface area contributed by atoms with Crippen molar-refractivity contribution in [2.24, 2.45) is 5.41 Å². The summed E-state index contributed by atoms with van der Waals surface area (Å²) in [7, 11) is 0. The summed E-state index contributed by atoms with van der Waals surface area (Å²) in [5.41, 5.74) is 7.57. The van der Waals surface area contributed by atoms with Crippen molar-refractivity contribution >= 4 is 16.9 Å². The second-order valence-electron chi connectivity index (χ2n) is 9.98. The number of anilines is 2. The lowest BCUT2D eigenvalue weighted by Gasteiger charge is -2.28. The van der Waals surface area contributed by atoms with Crippen molar-refractivity contribution in [3.63, 3.8) is 0 Å². The highest BCUT2D eigenvalue weighted by Gasteiger charge is 2.18. The number of hydrogen-bond acceptors (Lipinski definition) is 1. The molecule has 2 rings (SSSR count). The first kappa shape index (κ1) is 29.2. The third kappa shape index (κ3) is 7.72. The van der Waals surface area contributed by atoms with E-state index in [1.54, 1.807) is 0 Å². The molecule has 2 aromatic rings. The summed E-state index contributed by atoms with van der Waals surface area (Å²) < 4.78 is 0. The molecule has 0 N–H and O–H groups in total. The molecule has 0 aromatic heterocycles. The summed E-state index contributed by atoms with van der Waals surface area (Å²) in [5.74, 6) is 0.557. The van der Waals surface area contributed by atoms with Gasteiger partial charge in [-0.3, -0.25) is 0 Å². The van der Waals surface area contributed by atoms with Crippen LogP contribution in [0.4, 0.5) is 11.4 Å². The van der Waals surface area contributed by atoms with Gasteiger partial charge in [0.1, 0.15) is 0 Å². The first-order valence-electron chi connectivity index (χ1n) is 13.6. The molecular weight excluding hydrogens is 434 g/mol. The van der Waals surface area contributed by atoms with Crippen LogP contribution in [0.1, 0.15) is 91.2 Å². The van der Waals surface area contributed by atoms with Crippen molar-refractivity contribution in [3.8, 4) is 0 Å². The summed E-state index contributed by atoms with van der Waals surface area (Å²) in [4.78, 5) is 2.34. The minimum atomic E-state index is 0.329. The molecule has 0 radical (unpaired) electrons. The predicted octanol–water partition coefficient (Wildman–Crippen LogP) is 11.2. The van der Waals surface area contributed by atoms with Gasteiger partial charge in [0.05, 0.1) is 0 Å². The van der Waals surface area contributed by atoms with E-state index in [1.165, 1.54) is 29.5 Å². The Morgan fingerprint density at radius 3 is 1.97 bits per heavy atom. The quantitative estimate of drug-likeness (QED) is 0.257. The van der Waals surface area contributed by atoms with Crippen molar-refractivity contribution in [2.75, 3.05) is 4.90 Å². The zero-order chi connectivity index (χ0) is 26.6. The van der Waals surface area contributed by atoms with Gasteiger partial charge >= 0.3 is 0 Å². The van der Waals surface area contributed by atoms with E-state index in [0.717, 1.165) is 29.9 Å². The maximum atomic E-state index is 4.02. The smallest absolute Gasteiger partial charge is 0.0462 e. The standard InChI is InChI=1S/C35H47N/c1-9-16-29(12-4)31-21-25-34(26-22-31)36(33-23-19-30(20-24-33)28(7)11-3)32(17-10-2)18-15-27-35(8,13-5)14-6/h9-10,12,15-26,28H,2,11,13-14,27H2,1,3-8H3/b16-9-,18-15-,29-12+,32-17+. The summed E-state index contributed by atoms with van der Waals surface area (Å²) in [6.45, 7) is 19.7. The minimum absolute atomic E-state index is 0.329. The van der Waals surface area contributed by atoms with E-state index >= 15 is 0 Å². The fourth-order valence-corrected chi connectivity index (χ4v) is 4.30. The number of benzene rings is 2. The average Bonchev–Trinajstić information content (AvgIpc) is 2.92. The van der Waals surface area contributed by atoms with E-state index in [-0.39, 0.29) is 0 Å². The highest BCUT2D eigenvalue weighted by molar-refractivity contribution is 5.77. The van der Waals surface area contributed by atoms with Gasteiger partial charge in [-0.25, -0.2) is 0 Å². The molecule has 2 aromatic carbocycles. The lowest BCUT2D eigenvalue weighted by molar-refractivity contribution is 0.302. The highest BCUT2D eigenvalue weighted by Crippen LogP contribution is 2.34. The molecule has 1 heteroatoms. The molecule has 0 aliphatic carbocycles. The molecule has 0 heterocycles. The van der Waals surface area contributed by atoms with Crippen LogP contribution in [-0.4, -0.2) is 0 Å². The molecule has 0 aliphatic heterocycles. The largest absolute Gasteiger partial charge is 0.311 e. The molecule has 1 nitrogen and oxygen atoms in total. The molecule has 0 aliphatic rings. The summed E-state index contributed by atoms with van der Waals surface area (Å²) in [6, 6.07) is 17.9. The van der Waals surface area contributed by atoms with Gasteiger partial charge in [0.15, 0.2) is 0 Å². The normalized spacial score (nSPS) is 14.0. The molecule has 0 spiro atoms. The van der Waals surface area contributed by atoms with Gasteiger partial charge in [-0.2, -0.15) is 0 Å². The van der Waals surface area contributed by atoms with Crippen LogP contribution >= 0.6 is 0 Å². The SMILES string of the molecule is C=C/C=C(\C=C/CC(C)(CC)CC)N(c1ccc(C(/C=C\C)=C/C)cc1)c1ccc(C(C)CC)cc1. The molecule has 0 saturated heterocycles. The van der Waals surface area contributed by atoms with Gasteiger partial charge < -0.3 is 4.90 Å². The van der Waals surface area contributed by atoms with Crippen LogP contribution in [-0.2, 0) is 0 Å². The van der Waals surface area contributed by atoms with E-state index in [2.05, 4.69) is 145 Å². The van der Waals surface area contributed by atoms with Gasteiger partial charge in [0.2, 0.25) is 0 Å². The molecule has 192 valence electrons. The number of allylic oxidation sites excluding steroid dienone is 8. The fourth-order valence-electron chi connectivity index (χ4n) is 4.30. The third-order valence-electron chi connectivity index (χ3n) is 7.60. The molecule has 0 fully saturated rings. The summed E-state index contributed by atoms with van der Waals surface area (Å²) >= 11 is 0. The van der Waals surface area contributed by atoms with Crippen LogP contribution in [0, 0.1) is 5.41 Å². The number of nitrogens with zero attached hydrogens (tertiary/aromatic N) is 1. The molecule has 0 saturated carbocycles. The molecule has 0 amide bonds. The van der Waals surface area contributed by atoms with Gasteiger partial charge in [0.25, 0.3) is 0 Å². The predicted molar refractivity (Wildman–Crippen MR) is 163 cm³/mol. The Morgan fingerprint density at radius 2 is 1.50 bits per heavy atom. The lowest BCUT2D eigenvalue weighted by Crippen LogP contribution is -2.16. The molecule has 36 heavy (non-hydrogen) atoms. The van der Waals surface area contributed by atoms with Gasteiger partial charge in [-0.1, -0.05) is 109 Å². The first-order chi connectivity index (χ1) is 17.4. The maximum Gasteiger partial charge on any atom is 0.0462 e. The van der Waals surface area contributed by atoms with Crippen LogP contribution in [0.15, 0.2) is 103 Å². The van der Waals surface area contributed by atoms with Crippen molar-refractivity contribution in [2.45, 2.75) is 80.1 Å². The Morgan fingerprint density at radius 1 is 0.917 bits per heavy atom. The van der Waals surface area contributed by atoms with Crippen molar-refractivity contribution in [3.05, 3.63) is 114 Å². The minimum Gasteiger partial charge on any atom is -0.311 e. The monoisotopic (exact) mass is 481 g/mol. The Bertz CT molecular complexity index is 1060. The Labute approximate surface area is 221 Å². The third-order valence-corrected chi connectivity index (χ3v) is 7.60. The first-order valence-corrected chi connectivity index (χ1v) is 13.6. The van der Waals surface area contributed by atoms with Crippen molar-refractivity contribution in [1.29, 1.82) is 0 Å². The summed E-state index contributed by atoms with van der Waals surface area (Å²) in [6.07, 6.45) is 19.5. The van der Waals surface area contributed by atoms with Crippen LogP contribution < -0.4 is 4.90 Å². The van der Waals surface area contributed by atoms with E-state index in [9.17, 15) is 0 Å². The zero-order valence-electron chi connectivity index (χ0n) is 23.7. The Kier molecular flexibility index (Phi) is 11.7. The lowest BCUT2D eigenvalue weighted by atomic mass is 9.81. The molecule has 1 unspecified atom stereocenters. The van der Waals surface area contributed by atoms with Crippen LogP contribution in [0.2, 0.25) is 0 Å². The Hall–Kier alpha value is -3.06. The van der Waals surface area contributed by atoms with Gasteiger partial charge in [-0.15, -0.1) is 0 Å². The molecule has 1 atom stereocenters. The second kappa shape index (κ2) is 14.5. The second-order valence-corrected chi connectivity index (χ2v) is 9.98. The summed E-state index contributed by atoms with van der Waals surface area (Å²) in [5, 5.41) is 0. The van der Waals surface area contributed by atoms with Crippen molar-refractivity contribution in [1.82, 2.24) is 0 Å². The van der Waals surface area contributed by atoms with E-state index in [0.29, 0.717) is 11.3 Å². The van der Waals surface area contributed by atoms with Crippen molar-refractivity contribution < 1.29 is 0 Å². The van der Waals surface area contributed by atoms with Gasteiger partial charge in [0, 0.05) is 17.1 Å². The molecular formula is C35H47N. The topological polar surface area (TPSA) is 3.24 Å². The van der Waals surface area contributed by atoms with E-state index in [1.807, 2.05) is 6.08 Å². The fraction of sp³-hybridized carbons (Fsp3) is 0.371. The number of hydrogen-bond donors (Lipinski definition) is 0. The van der Waals surface area contributed by atoms with Crippen LogP contribution in [0.25, 0.3) is 5.57 Å². The van der Waals surface area contributed by atoms with E-state index in [4.69, 9.17) is 0 Å². The average molecular weight is 482 g/mol. The zero-order valence-corrected chi connectivity index (χ0v) is 23.7. The molecule has 0 bridgehead atoms. The van der Waals surface area contributed by atoms with Gasteiger partial charge in [-0.05, 0) is 91.1 Å². The maximum absolute atomic E-state index is 4.02. The van der Waals surface area contributed by atoms with E-state index < -0.39 is 0 Å². The van der Waals surface area contributed by atoms with Crippen LogP contribution in [0.5, 0.6) is 0 Å².